The van der Waals surface area contributed by atoms with Gasteiger partial charge in [0.2, 0.25) is 10.0 Å². The summed E-state index contributed by atoms with van der Waals surface area (Å²) in [6, 6.07) is 0. The van der Waals surface area contributed by atoms with Gasteiger partial charge in [-0.3, -0.25) is 0 Å². The van der Waals surface area contributed by atoms with E-state index in [0.717, 1.165) is 18.2 Å². The van der Waals surface area contributed by atoms with Crippen molar-refractivity contribution >= 4 is 39.6 Å². The summed E-state index contributed by atoms with van der Waals surface area (Å²) in [7, 11) is -3.38. The molecule has 0 aromatic carbocycles. The summed E-state index contributed by atoms with van der Waals surface area (Å²) in [6.07, 6.45) is 3.25. The van der Waals surface area contributed by atoms with Gasteiger partial charge < -0.3 is 0 Å². The molecule has 56 valence electrons. The predicted molar refractivity (Wildman–Crippen MR) is 44.3 cm³/mol. The minimum absolute atomic E-state index is 0. The Kier molecular flexibility index (Phi) is 8.44. The number of allylic oxidation sites excluding steroid dienone is 1. The summed E-state index contributed by atoms with van der Waals surface area (Å²) in [5, 5.41) is 5.69. The number of nitrogens with two attached hydrogens (primary N) is 1. The van der Waals surface area contributed by atoms with Gasteiger partial charge in [0.15, 0.2) is 0 Å². The molecule has 0 saturated carbocycles. The molecule has 0 radical (unpaired) electrons. The van der Waals surface area contributed by atoms with E-state index >= 15 is 0 Å². The number of hydrogen-bond acceptors (Lipinski definition) is 2. The number of hydrogen-bond donors (Lipinski definition) is 1. The molecule has 0 bridgehead atoms. The molecule has 3 nitrogen and oxygen atoms in total. The molecule has 0 fully saturated rings. The van der Waals surface area contributed by atoms with E-state index in [1.165, 1.54) is 0 Å². The number of unbranched alkanes of at least 4 members (excludes halogenated alkanes) is 1. The standard InChI is InChI=1S/C5H11NO2S.Na.H/c1-2-3-4-5-9(6,7)8;;/h4-5H,2-3H2,1H3,(H2,6,7,8);;/b5-4+;;. The zero-order valence-corrected chi connectivity index (χ0v) is 6.19. The van der Waals surface area contributed by atoms with Crippen LogP contribution in [0.15, 0.2) is 11.5 Å². The summed E-state index contributed by atoms with van der Waals surface area (Å²) in [6.45, 7) is 1.97. The Balaban J connectivity index is 0. The molecule has 0 heterocycles. The Bertz CT molecular complexity index is 186. The van der Waals surface area contributed by atoms with Gasteiger partial charge in [0.05, 0.1) is 0 Å². The van der Waals surface area contributed by atoms with Crippen LogP contribution in [0.25, 0.3) is 0 Å². The van der Waals surface area contributed by atoms with Gasteiger partial charge in [-0.25, -0.2) is 13.6 Å². The van der Waals surface area contributed by atoms with E-state index in [4.69, 9.17) is 0 Å². The van der Waals surface area contributed by atoms with Crippen molar-refractivity contribution in [3.8, 4) is 0 Å². The normalized spacial score (nSPS) is 11.4. The Hall–Kier alpha value is 0.650. The molecule has 0 saturated heterocycles. The van der Waals surface area contributed by atoms with Gasteiger partial charge in [0.1, 0.15) is 0 Å². The van der Waals surface area contributed by atoms with Gasteiger partial charge in [-0.05, 0) is 6.42 Å². The predicted octanol–water partition coefficient (Wildman–Crippen LogP) is -0.0598. The fraction of sp³-hybridized carbons (Fsp3) is 0.600. The van der Waals surface area contributed by atoms with Gasteiger partial charge in [0, 0.05) is 5.41 Å². The molecule has 0 aliphatic rings. The van der Waals surface area contributed by atoms with Crippen LogP contribution < -0.4 is 5.14 Å². The number of sulfonamides is 1. The van der Waals surface area contributed by atoms with Gasteiger partial charge in [0.25, 0.3) is 0 Å². The van der Waals surface area contributed by atoms with Crippen molar-refractivity contribution in [2.24, 2.45) is 5.14 Å². The molecule has 0 aromatic rings. The molecule has 0 atom stereocenters. The van der Waals surface area contributed by atoms with E-state index in [1.807, 2.05) is 6.92 Å². The van der Waals surface area contributed by atoms with Crippen molar-refractivity contribution in [3.05, 3.63) is 11.5 Å². The van der Waals surface area contributed by atoms with Crippen molar-refractivity contribution in [2.75, 3.05) is 0 Å². The van der Waals surface area contributed by atoms with Crippen LogP contribution in [0.3, 0.4) is 0 Å². The van der Waals surface area contributed by atoms with E-state index in [-0.39, 0.29) is 29.6 Å². The van der Waals surface area contributed by atoms with Crippen LogP contribution in [0.1, 0.15) is 19.8 Å². The van der Waals surface area contributed by atoms with Crippen molar-refractivity contribution in [1.82, 2.24) is 0 Å². The second-order valence-electron chi connectivity index (χ2n) is 1.75. The molecule has 2 N–H and O–H groups in total. The second-order valence-corrected chi connectivity index (χ2v) is 3.20. The van der Waals surface area contributed by atoms with Crippen LogP contribution in [-0.2, 0) is 10.0 Å². The maximum atomic E-state index is 10.2. The van der Waals surface area contributed by atoms with Crippen LogP contribution in [0.2, 0.25) is 0 Å². The number of rotatable bonds is 3. The van der Waals surface area contributed by atoms with Crippen LogP contribution in [0.5, 0.6) is 0 Å². The molecule has 5 heteroatoms. The Morgan fingerprint density at radius 2 is 2.00 bits per heavy atom. The summed E-state index contributed by atoms with van der Waals surface area (Å²) >= 11 is 0. The molecule has 0 aromatic heterocycles. The summed E-state index contributed by atoms with van der Waals surface area (Å²) < 4.78 is 20.4. The fourth-order valence-electron chi connectivity index (χ4n) is 0.369. The quantitative estimate of drug-likeness (QED) is 0.608. The first-order chi connectivity index (χ1) is 4.06. The SMILES string of the molecule is CCC/C=C/S(N)(=O)=O.[NaH]. The topological polar surface area (TPSA) is 60.2 Å². The monoisotopic (exact) mass is 173 g/mol. The summed E-state index contributed by atoms with van der Waals surface area (Å²) in [5.41, 5.74) is 0. The van der Waals surface area contributed by atoms with Gasteiger partial charge >= 0.3 is 29.6 Å². The van der Waals surface area contributed by atoms with Crippen molar-refractivity contribution < 1.29 is 8.42 Å². The molecular formula is C5H12NNaO2S. The van der Waals surface area contributed by atoms with Crippen LogP contribution in [0, 0.1) is 0 Å². The van der Waals surface area contributed by atoms with E-state index in [2.05, 4.69) is 5.14 Å². The molecule has 0 aliphatic carbocycles. The average Bonchev–Trinajstić information content (AvgIpc) is 1.63. The fourth-order valence-corrected chi connectivity index (χ4v) is 0.773. The zero-order valence-electron chi connectivity index (χ0n) is 5.37. The van der Waals surface area contributed by atoms with E-state index in [1.54, 1.807) is 6.08 Å². The van der Waals surface area contributed by atoms with E-state index < -0.39 is 10.0 Å². The first kappa shape index (κ1) is 13.3. The summed E-state index contributed by atoms with van der Waals surface area (Å²) in [5.74, 6) is 0. The first-order valence-electron chi connectivity index (χ1n) is 2.75. The molecule has 0 spiro atoms. The third-order valence-corrected chi connectivity index (χ3v) is 1.31. The summed E-state index contributed by atoms with van der Waals surface area (Å²) in [4.78, 5) is 0. The maximum absolute atomic E-state index is 10.2. The minimum atomic E-state index is -3.38. The van der Waals surface area contributed by atoms with Crippen molar-refractivity contribution in [3.63, 3.8) is 0 Å². The van der Waals surface area contributed by atoms with Gasteiger partial charge in [-0.2, -0.15) is 0 Å². The second kappa shape index (κ2) is 6.37. The third kappa shape index (κ3) is 11.4. The van der Waals surface area contributed by atoms with Crippen molar-refractivity contribution in [2.45, 2.75) is 19.8 Å². The molecule has 0 unspecified atom stereocenters. The zero-order chi connectivity index (χ0) is 7.33. The molecule has 0 aliphatic heterocycles. The van der Waals surface area contributed by atoms with E-state index in [0.29, 0.717) is 0 Å². The van der Waals surface area contributed by atoms with Crippen LogP contribution in [0.4, 0.5) is 0 Å². The Morgan fingerprint density at radius 1 is 1.50 bits per heavy atom. The average molecular weight is 173 g/mol. The molecular weight excluding hydrogens is 161 g/mol. The van der Waals surface area contributed by atoms with Gasteiger partial charge in [-0.15, -0.1) is 0 Å². The van der Waals surface area contributed by atoms with Crippen molar-refractivity contribution in [1.29, 1.82) is 0 Å². The van der Waals surface area contributed by atoms with Crippen LogP contribution in [-0.4, -0.2) is 38.0 Å². The van der Waals surface area contributed by atoms with Crippen LogP contribution >= 0.6 is 0 Å². The Labute approximate surface area is 84.0 Å². The van der Waals surface area contributed by atoms with E-state index in [9.17, 15) is 8.42 Å². The first-order valence-corrected chi connectivity index (χ1v) is 4.36. The molecule has 10 heavy (non-hydrogen) atoms. The third-order valence-electron chi connectivity index (χ3n) is 0.741. The Morgan fingerprint density at radius 3 is 2.30 bits per heavy atom. The molecule has 0 rings (SSSR count). The van der Waals surface area contributed by atoms with Gasteiger partial charge in [-0.1, -0.05) is 19.4 Å². The molecule has 0 amide bonds. The number of primary sulfonamides is 1.